The minimum atomic E-state index is -0.974. The number of rotatable bonds is 11. The van der Waals surface area contributed by atoms with Gasteiger partial charge in [0.25, 0.3) is 0 Å². The lowest BCUT2D eigenvalue weighted by Crippen LogP contribution is -2.43. The molecule has 0 fully saturated rings. The summed E-state index contributed by atoms with van der Waals surface area (Å²) in [6.45, 7) is 3.75. The number of carbonyl (C=O) groups is 3. The summed E-state index contributed by atoms with van der Waals surface area (Å²) in [4.78, 5) is 37.3. The van der Waals surface area contributed by atoms with Crippen LogP contribution in [0.15, 0.2) is 54.6 Å². The molecule has 1 amide bonds. The summed E-state index contributed by atoms with van der Waals surface area (Å²) in [5, 5.41) is 5.54. The summed E-state index contributed by atoms with van der Waals surface area (Å²) in [5.41, 5.74) is 2.27. The molecule has 31 heavy (non-hydrogen) atoms. The number of amides is 1. The van der Waals surface area contributed by atoms with Crippen LogP contribution in [0.1, 0.15) is 49.0 Å². The first-order valence-electron chi connectivity index (χ1n) is 10.4. The molecule has 0 saturated heterocycles. The Hall–Kier alpha value is -3.35. The molecule has 0 bridgehead atoms. The largest absolute Gasteiger partial charge is 0.461 e. The maximum Gasteiger partial charge on any atom is 0.408 e. The minimum Gasteiger partial charge on any atom is -0.461 e. The Labute approximate surface area is 183 Å². The molecular formula is C24H30N2O5. The van der Waals surface area contributed by atoms with E-state index in [1.807, 2.05) is 37.3 Å². The highest BCUT2D eigenvalue weighted by atomic mass is 16.6. The van der Waals surface area contributed by atoms with Crippen LogP contribution in [0.25, 0.3) is 0 Å². The van der Waals surface area contributed by atoms with Gasteiger partial charge in [0.05, 0.1) is 6.10 Å². The zero-order valence-electron chi connectivity index (χ0n) is 18.2. The lowest BCUT2D eigenvalue weighted by molar-refractivity contribution is -0.151. The third kappa shape index (κ3) is 8.12. The van der Waals surface area contributed by atoms with Gasteiger partial charge >= 0.3 is 12.1 Å². The quantitative estimate of drug-likeness (QED) is 0.410. The number of carbonyl (C=O) groups excluding carboxylic acids is 3. The number of Topliss-reactive ketones (excluding diaryl/α,β-unsaturated/α-hetero) is 1. The second kappa shape index (κ2) is 12.4. The van der Waals surface area contributed by atoms with Crippen molar-refractivity contribution in [3.8, 4) is 0 Å². The van der Waals surface area contributed by atoms with E-state index in [0.717, 1.165) is 11.3 Å². The predicted octanol–water partition coefficient (Wildman–Crippen LogP) is 4.33. The average molecular weight is 427 g/mol. The van der Waals surface area contributed by atoms with Crippen LogP contribution < -0.4 is 10.6 Å². The van der Waals surface area contributed by atoms with E-state index < -0.39 is 18.1 Å². The topological polar surface area (TPSA) is 93.7 Å². The lowest BCUT2D eigenvalue weighted by atomic mass is 10.0. The number of alkyl carbamates (subject to hydrolysis) is 1. The van der Waals surface area contributed by atoms with Crippen LogP contribution in [0.3, 0.4) is 0 Å². The molecule has 2 unspecified atom stereocenters. The van der Waals surface area contributed by atoms with E-state index in [1.54, 1.807) is 38.2 Å². The zero-order valence-corrected chi connectivity index (χ0v) is 18.2. The van der Waals surface area contributed by atoms with Crippen LogP contribution in [0, 0.1) is 0 Å². The number of benzene rings is 2. The first-order valence-corrected chi connectivity index (χ1v) is 10.4. The van der Waals surface area contributed by atoms with E-state index in [4.69, 9.17) is 9.47 Å². The maximum absolute atomic E-state index is 12.5. The van der Waals surface area contributed by atoms with E-state index >= 15 is 0 Å². The van der Waals surface area contributed by atoms with Crippen LogP contribution >= 0.6 is 0 Å². The molecule has 7 heteroatoms. The van der Waals surface area contributed by atoms with Gasteiger partial charge < -0.3 is 20.1 Å². The first kappa shape index (κ1) is 23.9. The number of hydrogen-bond acceptors (Lipinski definition) is 6. The molecule has 2 rings (SSSR count). The number of ether oxygens (including phenoxy) is 2. The molecule has 166 valence electrons. The number of anilines is 1. The number of hydrogen-bond donors (Lipinski definition) is 2. The Morgan fingerprint density at radius 3 is 2.29 bits per heavy atom. The summed E-state index contributed by atoms with van der Waals surface area (Å²) in [6.07, 6.45) is -0.184. The Morgan fingerprint density at radius 2 is 1.68 bits per heavy atom. The first-order chi connectivity index (χ1) is 14.9. The van der Waals surface area contributed by atoms with Crippen LogP contribution in [0.5, 0.6) is 0 Å². The molecular weight excluding hydrogens is 396 g/mol. The predicted molar refractivity (Wildman–Crippen MR) is 119 cm³/mol. The smallest absolute Gasteiger partial charge is 0.408 e. The fourth-order valence-electron chi connectivity index (χ4n) is 2.76. The SMILES string of the molecule is CCC(C)OC(=O)C(CCC(=O)c1ccc(NC)cc1)NC(=O)OCc1ccccc1. The average Bonchev–Trinajstić information content (AvgIpc) is 2.80. The van der Waals surface area contributed by atoms with Crippen molar-refractivity contribution >= 4 is 23.5 Å². The maximum atomic E-state index is 12.5. The summed E-state index contributed by atoms with van der Waals surface area (Å²) in [6, 6.07) is 15.3. The highest BCUT2D eigenvalue weighted by Crippen LogP contribution is 2.13. The van der Waals surface area contributed by atoms with Gasteiger partial charge in [0.2, 0.25) is 0 Å². The Balaban J connectivity index is 1.97. The fourth-order valence-corrected chi connectivity index (χ4v) is 2.76. The van der Waals surface area contributed by atoms with Crippen molar-refractivity contribution in [1.29, 1.82) is 0 Å². The molecule has 2 aromatic carbocycles. The van der Waals surface area contributed by atoms with Crippen LogP contribution in [0.2, 0.25) is 0 Å². The van der Waals surface area contributed by atoms with Crippen molar-refractivity contribution in [3.05, 3.63) is 65.7 Å². The van der Waals surface area contributed by atoms with Crippen LogP contribution in [-0.4, -0.2) is 37.0 Å². The zero-order chi connectivity index (χ0) is 22.6. The molecule has 7 nitrogen and oxygen atoms in total. The van der Waals surface area contributed by atoms with Crippen molar-refractivity contribution in [2.75, 3.05) is 12.4 Å². The molecule has 0 radical (unpaired) electrons. The van der Waals surface area contributed by atoms with Crippen molar-refractivity contribution in [3.63, 3.8) is 0 Å². The molecule has 0 spiro atoms. The van der Waals surface area contributed by atoms with E-state index in [0.29, 0.717) is 12.0 Å². The van der Waals surface area contributed by atoms with Gasteiger partial charge in [0, 0.05) is 24.7 Å². The van der Waals surface area contributed by atoms with Crippen LogP contribution in [-0.2, 0) is 20.9 Å². The molecule has 0 aliphatic heterocycles. The molecule has 0 aliphatic carbocycles. The summed E-state index contributed by atoms with van der Waals surface area (Å²) in [5.74, 6) is -0.701. The Morgan fingerprint density at radius 1 is 1.00 bits per heavy atom. The Bertz CT molecular complexity index is 852. The molecule has 2 N–H and O–H groups in total. The van der Waals surface area contributed by atoms with E-state index in [9.17, 15) is 14.4 Å². The molecule has 0 saturated carbocycles. The standard InChI is InChI=1S/C24H30N2O5/c1-4-17(2)31-23(28)21(26-24(29)30-16-18-8-6-5-7-9-18)14-15-22(27)19-10-12-20(25-3)13-11-19/h5-13,17,21,25H,4,14-16H2,1-3H3,(H,26,29). The third-order valence-electron chi connectivity index (χ3n) is 4.84. The van der Waals surface area contributed by atoms with Crippen molar-refractivity contribution < 1.29 is 23.9 Å². The van der Waals surface area contributed by atoms with E-state index in [1.165, 1.54) is 0 Å². The van der Waals surface area contributed by atoms with Gasteiger partial charge in [-0.15, -0.1) is 0 Å². The molecule has 0 heterocycles. The molecule has 0 aromatic heterocycles. The van der Waals surface area contributed by atoms with Crippen molar-refractivity contribution in [2.24, 2.45) is 0 Å². The third-order valence-corrected chi connectivity index (χ3v) is 4.84. The van der Waals surface area contributed by atoms with Crippen molar-refractivity contribution in [2.45, 2.75) is 51.9 Å². The molecule has 2 atom stereocenters. The highest BCUT2D eigenvalue weighted by Gasteiger charge is 2.25. The molecule has 2 aromatic rings. The van der Waals surface area contributed by atoms with Gasteiger partial charge in [-0.3, -0.25) is 4.79 Å². The summed E-state index contributed by atoms with van der Waals surface area (Å²) in [7, 11) is 1.80. The van der Waals surface area contributed by atoms with Gasteiger partial charge in [-0.1, -0.05) is 37.3 Å². The lowest BCUT2D eigenvalue weighted by Gasteiger charge is -2.20. The second-order valence-electron chi connectivity index (χ2n) is 7.20. The second-order valence-corrected chi connectivity index (χ2v) is 7.20. The minimum absolute atomic E-state index is 0.0799. The van der Waals surface area contributed by atoms with Gasteiger partial charge in [-0.25, -0.2) is 9.59 Å². The fraction of sp³-hybridized carbons (Fsp3) is 0.375. The highest BCUT2D eigenvalue weighted by molar-refractivity contribution is 5.96. The normalized spacial score (nSPS) is 12.4. The van der Waals surface area contributed by atoms with Gasteiger partial charge in [-0.05, 0) is 49.6 Å². The monoisotopic (exact) mass is 426 g/mol. The van der Waals surface area contributed by atoms with E-state index in [-0.39, 0.29) is 31.3 Å². The summed E-state index contributed by atoms with van der Waals surface area (Å²) < 4.78 is 10.6. The molecule has 0 aliphatic rings. The number of esters is 1. The van der Waals surface area contributed by atoms with Gasteiger partial charge in [0.1, 0.15) is 12.6 Å². The van der Waals surface area contributed by atoms with Gasteiger partial charge in [-0.2, -0.15) is 0 Å². The van der Waals surface area contributed by atoms with E-state index in [2.05, 4.69) is 10.6 Å². The number of ketones is 1. The van der Waals surface area contributed by atoms with Gasteiger partial charge in [0.15, 0.2) is 5.78 Å². The Kier molecular flexibility index (Phi) is 9.55. The van der Waals surface area contributed by atoms with Crippen molar-refractivity contribution in [1.82, 2.24) is 5.32 Å². The number of nitrogens with one attached hydrogen (secondary N) is 2. The van der Waals surface area contributed by atoms with Crippen LogP contribution in [0.4, 0.5) is 10.5 Å². The summed E-state index contributed by atoms with van der Waals surface area (Å²) >= 11 is 0.